The summed E-state index contributed by atoms with van der Waals surface area (Å²) in [5, 5.41) is 9.51. The molecule has 0 bridgehead atoms. The van der Waals surface area contributed by atoms with E-state index in [1.165, 1.54) is 6.07 Å². The average Bonchev–Trinajstić information content (AvgIpc) is 1.85. The topological polar surface area (TPSA) is 29.5 Å². The fourth-order valence-electron chi connectivity index (χ4n) is 0.971. The van der Waals surface area contributed by atoms with Crippen molar-refractivity contribution in [1.82, 2.24) is 0 Å². The molecule has 0 amide bonds. The number of hydrogen-bond donors (Lipinski definition) is 1. The van der Waals surface area contributed by atoms with Crippen LogP contribution in [-0.2, 0) is 0 Å². The van der Waals surface area contributed by atoms with Crippen LogP contribution in [0.4, 0.5) is 0 Å². The van der Waals surface area contributed by atoms with Crippen LogP contribution in [0.2, 0.25) is 5.02 Å². The number of hydrogen-bond acceptors (Lipinski definition) is 2. The van der Waals surface area contributed by atoms with E-state index in [0.29, 0.717) is 10.8 Å². The van der Waals surface area contributed by atoms with Gasteiger partial charge in [0, 0.05) is 6.07 Å². The molecule has 0 aliphatic heterocycles. The second-order valence-corrected chi connectivity index (χ2v) is 2.68. The van der Waals surface area contributed by atoms with E-state index in [1.807, 2.05) is 6.92 Å². The first-order valence-corrected chi connectivity index (χ1v) is 3.56. The molecular weight excluding hydrogens is 164 g/mol. The van der Waals surface area contributed by atoms with Crippen LogP contribution in [0.15, 0.2) is 12.1 Å². The van der Waals surface area contributed by atoms with Gasteiger partial charge in [-0.3, -0.25) is 0 Å². The highest BCUT2D eigenvalue weighted by atomic mass is 35.5. The van der Waals surface area contributed by atoms with Crippen molar-refractivity contribution in [3.63, 3.8) is 0 Å². The molecule has 0 atom stereocenters. The van der Waals surface area contributed by atoms with E-state index in [4.69, 9.17) is 21.4 Å². The van der Waals surface area contributed by atoms with Crippen molar-refractivity contribution in [3.8, 4) is 11.5 Å². The lowest BCUT2D eigenvalue weighted by Crippen LogP contribution is -1.87. The molecule has 0 fully saturated rings. The van der Waals surface area contributed by atoms with Gasteiger partial charge in [0.15, 0.2) is 0 Å². The first-order chi connectivity index (χ1) is 5.15. The Morgan fingerprint density at radius 2 is 2.09 bits per heavy atom. The van der Waals surface area contributed by atoms with Crippen LogP contribution in [0.3, 0.4) is 0 Å². The van der Waals surface area contributed by atoms with Crippen LogP contribution in [0.5, 0.6) is 11.5 Å². The number of rotatable bonds is 1. The summed E-state index contributed by atoms with van der Waals surface area (Å²) in [4.78, 5) is 0. The van der Waals surface area contributed by atoms with Gasteiger partial charge in [-0.05, 0) is 18.6 Å². The number of aromatic hydroxyl groups is 1. The number of phenolic OH excluding ortho intramolecular Hbond substituents is 1. The Bertz CT molecular complexity index is 248. The van der Waals surface area contributed by atoms with Gasteiger partial charge in [-0.2, -0.15) is 0 Å². The highest BCUT2D eigenvalue weighted by Crippen LogP contribution is 2.31. The molecule has 0 aliphatic rings. The molecule has 60 valence electrons. The second kappa shape index (κ2) is 3.01. The summed E-state index contributed by atoms with van der Waals surface area (Å²) >= 11 is 5.75. The van der Waals surface area contributed by atoms with Crippen molar-refractivity contribution >= 4 is 11.6 Å². The molecule has 1 aromatic carbocycles. The first kappa shape index (κ1) is 8.21. The van der Waals surface area contributed by atoms with E-state index in [0.717, 1.165) is 5.56 Å². The molecule has 2 nitrogen and oxygen atoms in total. The van der Waals surface area contributed by atoms with Crippen molar-refractivity contribution in [3.05, 3.63) is 22.7 Å². The number of aryl methyl sites for hydroxylation is 1. The number of benzene rings is 1. The quantitative estimate of drug-likeness (QED) is 0.705. The summed E-state index contributed by atoms with van der Waals surface area (Å²) in [6.07, 6.45) is 0. The van der Waals surface area contributed by atoms with Gasteiger partial charge in [-0.15, -0.1) is 0 Å². The predicted molar refractivity (Wildman–Crippen MR) is 44.4 cm³/mol. The van der Waals surface area contributed by atoms with Crippen LogP contribution in [-0.4, -0.2) is 12.2 Å². The molecule has 0 heterocycles. The Morgan fingerprint density at radius 1 is 1.45 bits per heavy atom. The van der Waals surface area contributed by atoms with E-state index < -0.39 is 0 Å². The van der Waals surface area contributed by atoms with E-state index in [-0.39, 0.29) is 5.75 Å². The molecule has 0 radical (unpaired) electrons. The Kier molecular flexibility index (Phi) is 2.25. The van der Waals surface area contributed by atoms with Gasteiger partial charge in [0.05, 0.1) is 12.1 Å². The molecule has 1 N–H and O–H groups in total. The normalized spacial score (nSPS) is 9.73. The van der Waals surface area contributed by atoms with Crippen molar-refractivity contribution in [1.29, 1.82) is 0 Å². The zero-order chi connectivity index (χ0) is 8.43. The molecule has 0 saturated heterocycles. The number of halogens is 1. The molecule has 1 aromatic rings. The molecule has 0 aliphatic carbocycles. The minimum absolute atomic E-state index is 0.160. The number of phenols is 1. The molecular formula is C8H9ClO2. The van der Waals surface area contributed by atoms with Gasteiger partial charge < -0.3 is 9.84 Å². The summed E-state index contributed by atoms with van der Waals surface area (Å²) in [6, 6.07) is 3.05. The fraction of sp³-hybridized carbons (Fsp3) is 0.250. The standard InChI is InChI=1S/C8H9ClO2/c1-5-3-6(10)4-7(9)8(5)11-2/h3-4,10H,1-2H3. The van der Waals surface area contributed by atoms with E-state index in [1.54, 1.807) is 13.2 Å². The lowest BCUT2D eigenvalue weighted by atomic mass is 10.2. The molecule has 0 saturated carbocycles. The summed E-state index contributed by atoms with van der Waals surface area (Å²) < 4.78 is 4.99. The molecule has 11 heavy (non-hydrogen) atoms. The minimum Gasteiger partial charge on any atom is -0.508 e. The van der Waals surface area contributed by atoms with Gasteiger partial charge in [0.2, 0.25) is 0 Å². The smallest absolute Gasteiger partial charge is 0.140 e. The summed E-state index contributed by atoms with van der Waals surface area (Å²) in [7, 11) is 1.55. The Morgan fingerprint density at radius 3 is 2.55 bits per heavy atom. The highest BCUT2D eigenvalue weighted by Gasteiger charge is 2.04. The summed E-state index contributed by atoms with van der Waals surface area (Å²) in [5.41, 5.74) is 0.831. The van der Waals surface area contributed by atoms with Crippen LogP contribution >= 0.6 is 11.6 Å². The third-order valence-electron chi connectivity index (χ3n) is 1.42. The molecule has 0 spiro atoms. The molecule has 3 heteroatoms. The number of ether oxygens (including phenoxy) is 1. The Labute approximate surface area is 70.4 Å². The Balaban J connectivity index is 3.25. The zero-order valence-electron chi connectivity index (χ0n) is 6.39. The van der Waals surface area contributed by atoms with Crippen molar-refractivity contribution in [2.45, 2.75) is 6.92 Å². The van der Waals surface area contributed by atoms with Crippen LogP contribution in [0.25, 0.3) is 0 Å². The maximum atomic E-state index is 9.07. The number of methoxy groups -OCH3 is 1. The Hall–Kier alpha value is -0.890. The van der Waals surface area contributed by atoms with Crippen LogP contribution in [0, 0.1) is 6.92 Å². The lowest BCUT2D eigenvalue weighted by Gasteiger charge is -2.06. The highest BCUT2D eigenvalue weighted by molar-refractivity contribution is 6.32. The van der Waals surface area contributed by atoms with Gasteiger partial charge in [-0.1, -0.05) is 11.6 Å². The monoisotopic (exact) mass is 172 g/mol. The van der Waals surface area contributed by atoms with E-state index in [9.17, 15) is 0 Å². The first-order valence-electron chi connectivity index (χ1n) is 3.18. The van der Waals surface area contributed by atoms with Gasteiger partial charge in [-0.25, -0.2) is 0 Å². The molecule has 0 unspecified atom stereocenters. The van der Waals surface area contributed by atoms with Gasteiger partial charge >= 0.3 is 0 Å². The maximum Gasteiger partial charge on any atom is 0.140 e. The third-order valence-corrected chi connectivity index (χ3v) is 1.70. The maximum absolute atomic E-state index is 9.07. The zero-order valence-corrected chi connectivity index (χ0v) is 7.14. The van der Waals surface area contributed by atoms with Gasteiger partial charge in [0.25, 0.3) is 0 Å². The van der Waals surface area contributed by atoms with Crippen LogP contribution in [0.1, 0.15) is 5.56 Å². The SMILES string of the molecule is COc1c(C)cc(O)cc1Cl. The summed E-state index contributed by atoms with van der Waals surface area (Å²) in [5.74, 6) is 0.776. The van der Waals surface area contributed by atoms with Gasteiger partial charge in [0.1, 0.15) is 11.5 Å². The van der Waals surface area contributed by atoms with Crippen molar-refractivity contribution in [2.75, 3.05) is 7.11 Å². The lowest BCUT2D eigenvalue weighted by molar-refractivity contribution is 0.409. The third kappa shape index (κ3) is 1.57. The van der Waals surface area contributed by atoms with Crippen molar-refractivity contribution in [2.24, 2.45) is 0 Å². The largest absolute Gasteiger partial charge is 0.508 e. The summed E-state index contributed by atoms with van der Waals surface area (Å²) in [6.45, 7) is 1.82. The average molecular weight is 173 g/mol. The minimum atomic E-state index is 0.160. The van der Waals surface area contributed by atoms with E-state index in [2.05, 4.69) is 0 Å². The van der Waals surface area contributed by atoms with Crippen molar-refractivity contribution < 1.29 is 9.84 Å². The predicted octanol–water partition coefficient (Wildman–Crippen LogP) is 2.36. The van der Waals surface area contributed by atoms with Crippen LogP contribution < -0.4 is 4.74 Å². The fourth-order valence-corrected chi connectivity index (χ4v) is 1.31. The molecule has 1 rings (SSSR count). The molecule has 0 aromatic heterocycles. The van der Waals surface area contributed by atoms with E-state index >= 15 is 0 Å². The second-order valence-electron chi connectivity index (χ2n) is 2.28.